The molecule has 6 N–H and O–H groups in total. The van der Waals surface area contributed by atoms with Gasteiger partial charge in [0, 0.05) is 12.8 Å². The molecule has 0 bridgehead atoms. The van der Waals surface area contributed by atoms with Gasteiger partial charge in [0.05, 0.1) is 6.61 Å². The third-order valence-electron chi connectivity index (χ3n) is 11.4. The van der Waals surface area contributed by atoms with E-state index in [-0.39, 0.29) is 12.8 Å². The van der Waals surface area contributed by atoms with Crippen LogP contribution in [0.1, 0.15) is 213 Å². The minimum Gasteiger partial charge on any atom is -0.462 e. The van der Waals surface area contributed by atoms with Crippen molar-refractivity contribution in [2.75, 3.05) is 13.2 Å². The van der Waals surface area contributed by atoms with Crippen LogP contribution in [0.15, 0.2) is 12.2 Å². The molecule has 0 aromatic heterocycles. The maximum Gasteiger partial charge on any atom is 0.472 e. The monoisotopic (exact) mass is 879 g/mol. The fourth-order valence-electron chi connectivity index (χ4n) is 7.45. The summed E-state index contributed by atoms with van der Waals surface area (Å²) in [6.07, 6.45) is 25.7. The van der Waals surface area contributed by atoms with Gasteiger partial charge in [-0.1, -0.05) is 180 Å². The number of allylic oxidation sites excluding steroid dienone is 2. The van der Waals surface area contributed by atoms with Crippen molar-refractivity contribution in [1.82, 2.24) is 0 Å². The van der Waals surface area contributed by atoms with Gasteiger partial charge in [0.15, 0.2) is 6.10 Å². The van der Waals surface area contributed by atoms with Crippen molar-refractivity contribution in [3.05, 3.63) is 12.2 Å². The Balaban J connectivity index is 2.37. The smallest absolute Gasteiger partial charge is 0.462 e. The predicted molar refractivity (Wildman–Crippen MR) is 235 cm³/mol. The van der Waals surface area contributed by atoms with Gasteiger partial charge in [-0.15, -0.1) is 0 Å². The van der Waals surface area contributed by atoms with Gasteiger partial charge in [-0.05, 0) is 32.1 Å². The molecule has 0 aromatic rings. The van der Waals surface area contributed by atoms with Crippen LogP contribution in [-0.4, -0.2) is 98.3 Å². The summed E-state index contributed by atoms with van der Waals surface area (Å²) in [6.45, 7) is 3.27. The Kier molecular flexibility index (Phi) is 34.9. The second-order valence-corrected chi connectivity index (χ2v) is 18.4. The van der Waals surface area contributed by atoms with Gasteiger partial charge < -0.3 is 39.9 Å². The molecule has 354 valence electrons. The number of aliphatic hydroxyl groups excluding tert-OH is 5. The van der Waals surface area contributed by atoms with Crippen molar-refractivity contribution in [2.45, 2.75) is 256 Å². The molecule has 0 heterocycles. The number of rotatable bonds is 40. The fraction of sp³-hybridized carbons (Fsp3) is 0.913. The second-order valence-electron chi connectivity index (χ2n) is 17.0. The van der Waals surface area contributed by atoms with Crippen LogP contribution >= 0.6 is 7.82 Å². The molecule has 0 saturated heterocycles. The molecule has 1 rings (SSSR count). The standard InChI is InChI=1S/C46H87O13P/c1-3-5-7-9-11-13-15-16-17-18-19-20-21-22-23-25-26-28-30-32-34-39(47)56-36-38(58-40(48)35-33-31-29-27-24-14-12-10-8-6-4-2)37-57-60(54,55)59-46-44(52)42(50)41(49)43(51)45(46)53/h10,12,38,41-46,49-53H,3-9,11,13-37H2,1-2H3,(H,54,55)/b12-10-. The Hall–Kier alpha value is -1.41. The summed E-state index contributed by atoms with van der Waals surface area (Å²) in [5.74, 6) is -1.10. The largest absolute Gasteiger partial charge is 0.472 e. The van der Waals surface area contributed by atoms with Crippen molar-refractivity contribution in [3.8, 4) is 0 Å². The highest BCUT2D eigenvalue weighted by Crippen LogP contribution is 2.47. The van der Waals surface area contributed by atoms with E-state index in [2.05, 4.69) is 26.0 Å². The minimum atomic E-state index is -5.11. The van der Waals surface area contributed by atoms with Crippen LogP contribution in [0.2, 0.25) is 0 Å². The first-order chi connectivity index (χ1) is 28.9. The van der Waals surface area contributed by atoms with Crippen molar-refractivity contribution < 1.29 is 63.1 Å². The SMILES string of the molecule is CCCC/C=C\CCCCCCCC(=O)OC(COC(=O)CCCCCCCCCCCCCCCCCCCCCC)COP(=O)(O)OC1C(O)C(O)C(O)C(O)C1O. The molecule has 0 amide bonds. The molecule has 13 nitrogen and oxygen atoms in total. The number of aliphatic hydroxyl groups is 5. The highest BCUT2D eigenvalue weighted by atomic mass is 31.2. The first kappa shape index (κ1) is 56.6. The van der Waals surface area contributed by atoms with E-state index in [4.69, 9.17) is 18.5 Å². The van der Waals surface area contributed by atoms with Crippen molar-refractivity contribution >= 4 is 19.8 Å². The summed E-state index contributed by atoms with van der Waals surface area (Å²) >= 11 is 0. The van der Waals surface area contributed by atoms with Crippen LogP contribution in [0.4, 0.5) is 0 Å². The molecular formula is C46H87O13P. The third-order valence-corrected chi connectivity index (χ3v) is 12.3. The zero-order valence-corrected chi connectivity index (χ0v) is 38.4. The van der Waals surface area contributed by atoms with E-state index in [1.54, 1.807) is 0 Å². The van der Waals surface area contributed by atoms with E-state index in [9.17, 15) is 44.6 Å². The van der Waals surface area contributed by atoms with Gasteiger partial charge in [-0.2, -0.15) is 0 Å². The van der Waals surface area contributed by atoms with Gasteiger partial charge in [0.25, 0.3) is 0 Å². The van der Waals surface area contributed by atoms with Crippen LogP contribution < -0.4 is 0 Å². The molecule has 0 spiro atoms. The van der Waals surface area contributed by atoms with Crippen molar-refractivity contribution in [1.29, 1.82) is 0 Å². The average Bonchev–Trinajstić information content (AvgIpc) is 3.23. The number of carbonyl (C=O) groups excluding carboxylic acids is 2. The van der Waals surface area contributed by atoms with Crippen LogP contribution in [-0.2, 0) is 32.7 Å². The first-order valence-corrected chi connectivity index (χ1v) is 25.5. The molecule has 1 fully saturated rings. The Morgan fingerprint density at radius 3 is 1.32 bits per heavy atom. The summed E-state index contributed by atoms with van der Waals surface area (Å²) in [5, 5.41) is 50.1. The van der Waals surface area contributed by atoms with Crippen LogP contribution in [0.5, 0.6) is 0 Å². The van der Waals surface area contributed by atoms with E-state index >= 15 is 0 Å². The Morgan fingerprint density at radius 2 is 0.867 bits per heavy atom. The van der Waals surface area contributed by atoms with E-state index in [0.717, 1.165) is 57.8 Å². The summed E-state index contributed by atoms with van der Waals surface area (Å²) in [6, 6.07) is 0. The molecule has 1 saturated carbocycles. The normalized spacial score (nSPS) is 22.2. The molecule has 60 heavy (non-hydrogen) atoms. The average molecular weight is 879 g/mol. The number of ether oxygens (including phenoxy) is 2. The minimum absolute atomic E-state index is 0.0899. The predicted octanol–water partition coefficient (Wildman–Crippen LogP) is 9.45. The number of hydrogen-bond donors (Lipinski definition) is 6. The zero-order valence-electron chi connectivity index (χ0n) is 37.5. The number of hydrogen-bond acceptors (Lipinski definition) is 12. The maximum atomic E-state index is 12.8. The Labute approximate surface area is 363 Å². The number of esters is 2. The summed E-state index contributed by atoms with van der Waals surface area (Å²) in [7, 11) is -5.11. The highest BCUT2D eigenvalue weighted by molar-refractivity contribution is 7.47. The van der Waals surface area contributed by atoms with Gasteiger partial charge in [-0.25, -0.2) is 4.57 Å². The van der Waals surface area contributed by atoms with Gasteiger partial charge in [-0.3, -0.25) is 18.6 Å². The Bertz CT molecular complexity index is 1110. The molecule has 0 aromatic carbocycles. The number of carbonyl (C=O) groups is 2. The topological polar surface area (TPSA) is 210 Å². The lowest BCUT2D eigenvalue weighted by Gasteiger charge is -2.41. The number of phosphoric ester groups is 1. The van der Waals surface area contributed by atoms with Gasteiger partial charge >= 0.3 is 19.8 Å². The molecule has 1 aliphatic rings. The summed E-state index contributed by atoms with van der Waals surface area (Å²) in [4.78, 5) is 35.7. The van der Waals surface area contributed by atoms with E-state index < -0.39 is 75.7 Å². The van der Waals surface area contributed by atoms with Gasteiger partial charge in [0.2, 0.25) is 0 Å². The van der Waals surface area contributed by atoms with Crippen molar-refractivity contribution in [2.24, 2.45) is 0 Å². The lowest BCUT2D eigenvalue weighted by molar-refractivity contribution is -0.220. The van der Waals surface area contributed by atoms with E-state index in [1.807, 2.05) is 0 Å². The molecule has 0 radical (unpaired) electrons. The quantitative estimate of drug-likeness (QED) is 0.0147. The molecular weight excluding hydrogens is 791 g/mol. The van der Waals surface area contributed by atoms with Crippen LogP contribution in [0.3, 0.4) is 0 Å². The molecule has 6 unspecified atom stereocenters. The lowest BCUT2D eigenvalue weighted by atomic mass is 9.85. The Morgan fingerprint density at radius 1 is 0.500 bits per heavy atom. The van der Waals surface area contributed by atoms with Crippen LogP contribution in [0, 0.1) is 0 Å². The number of unbranched alkanes of at least 4 members (excludes halogenated alkanes) is 26. The van der Waals surface area contributed by atoms with E-state index in [0.29, 0.717) is 12.8 Å². The number of phosphoric acid groups is 1. The molecule has 6 atom stereocenters. The second kappa shape index (κ2) is 37.0. The molecule has 0 aliphatic heterocycles. The fourth-order valence-corrected chi connectivity index (χ4v) is 8.42. The summed E-state index contributed by atoms with van der Waals surface area (Å²) < 4.78 is 33.5. The highest BCUT2D eigenvalue weighted by Gasteiger charge is 2.51. The van der Waals surface area contributed by atoms with Gasteiger partial charge in [0.1, 0.15) is 43.2 Å². The maximum absolute atomic E-state index is 12.8. The van der Waals surface area contributed by atoms with Crippen LogP contribution in [0.25, 0.3) is 0 Å². The summed E-state index contributed by atoms with van der Waals surface area (Å²) in [5.41, 5.74) is 0. The lowest BCUT2D eigenvalue weighted by Crippen LogP contribution is -2.64. The first-order valence-electron chi connectivity index (χ1n) is 24.0. The molecule has 14 heteroatoms. The third kappa shape index (κ3) is 29.0. The van der Waals surface area contributed by atoms with E-state index in [1.165, 1.54) is 116 Å². The zero-order chi connectivity index (χ0) is 44.3. The molecule has 1 aliphatic carbocycles. The van der Waals surface area contributed by atoms with Crippen molar-refractivity contribution in [3.63, 3.8) is 0 Å².